The van der Waals surface area contributed by atoms with Gasteiger partial charge in [0.05, 0.1) is 4.47 Å². The topological polar surface area (TPSA) is 46.0 Å². The maximum Gasteiger partial charge on any atom is 0.160 e. The lowest BCUT2D eigenvalue weighted by atomic mass is 9.67. The molecule has 2 saturated carbocycles. The molecule has 3 nitrogen and oxygen atoms in total. The van der Waals surface area contributed by atoms with Crippen molar-refractivity contribution in [1.29, 1.82) is 0 Å². The minimum atomic E-state index is -0.739. The van der Waals surface area contributed by atoms with Gasteiger partial charge in [-0.15, -0.1) is 0 Å². The predicted octanol–water partition coefficient (Wildman–Crippen LogP) is 2.00. The maximum absolute atomic E-state index is 10.2. The summed E-state index contributed by atoms with van der Waals surface area (Å²) in [5.74, 6) is 0.582. The average Bonchev–Trinajstić information content (AvgIpc) is 2.85. The molecule has 3 rings (SSSR count). The number of aromatic nitrogens is 2. The molecular formula is C10H11BrN2O. The van der Waals surface area contributed by atoms with Gasteiger partial charge in [0.15, 0.2) is 5.82 Å². The third-order valence-electron chi connectivity index (χ3n) is 3.33. The van der Waals surface area contributed by atoms with Crippen LogP contribution in [0, 0.1) is 5.41 Å². The fourth-order valence-corrected chi connectivity index (χ4v) is 2.63. The summed E-state index contributed by atoms with van der Waals surface area (Å²) >= 11 is 3.28. The molecule has 74 valence electrons. The van der Waals surface area contributed by atoms with Gasteiger partial charge < -0.3 is 5.11 Å². The van der Waals surface area contributed by atoms with E-state index >= 15 is 0 Å². The third-order valence-corrected chi connectivity index (χ3v) is 3.74. The first-order valence-electron chi connectivity index (χ1n) is 4.82. The fraction of sp³-hybridized carbons (Fsp3) is 0.600. The average molecular weight is 255 g/mol. The second kappa shape index (κ2) is 2.55. The molecule has 1 aromatic rings. The second-order valence-corrected chi connectivity index (χ2v) is 5.53. The van der Waals surface area contributed by atoms with E-state index in [-0.39, 0.29) is 0 Å². The van der Waals surface area contributed by atoms with E-state index in [2.05, 4.69) is 25.9 Å². The zero-order chi connectivity index (χ0) is 9.81. The predicted molar refractivity (Wildman–Crippen MR) is 54.5 cm³/mol. The van der Waals surface area contributed by atoms with Crippen LogP contribution in [-0.4, -0.2) is 15.1 Å². The molecule has 14 heavy (non-hydrogen) atoms. The first-order valence-corrected chi connectivity index (χ1v) is 5.62. The monoisotopic (exact) mass is 254 g/mol. The minimum Gasteiger partial charge on any atom is -0.382 e. The van der Waals surface area contributed by atoms with Crippen LogP contribution >= 0.6 is 15.9 Å². The Kier molecular flexibility index (Phi) is 1.60. The maximum atomic E-state index is 10.2. The van der Waals surface area contributed by atoms with Crippen molar-refractivity contribution in [2.45, 2.75) is 31.3 Å². The molecule has 4 heteroatoms. The summed E-state index contributed by atoms with van der Waals surface area (Å²) in [5, 5.41) is 10.2. The molecule has 0 atom stereocenters. The largest absolute Gasteiger partial charge is 0.382 e. The molecule has 1 N–H and O–H groups in total. The summed E-state index contributed by atoms with van der Waals surface area (Å²) in [6.07, 6.45) is 7.62. The normalized spacial score (nSPS) is 25.9. The van der Waals surface area contributed by atoms with Gasteiger partial charge in [-0.25, -0.2) is 9.97 Å². The van der Waals surface area contributed by atoms with Crippen LogP contribution in [0.3, 0.4) is 0 Å². The first kappa shape index (κ1) is 8.80. The molecule has 0 amide bonds. The van der Waals surface area contributed by atoms with Gasteiger partial charge in [0.1, 0.15) is 5.60 Å². The van der Waals surface area contributed by atoms with Gasteiger partial charge in [-0.2, -0.15) is 0 Å². The number of hydrogen-bond donors (Lipinski definition) is 1. The van der Waals surface area contributed by atoms with Gasteiger partial charge in [0.25, 0.3) is 0 Å². The first-order chi connectivity index (χ1) is 6.62. The van der Waals surface area contributed by atoms with Crippen molar-refractivity contribution in [2.75, 3.05) is 0 Å². The molecule has 0 radical (unpaired) electrons. The lowest BCUT2D eigenvalue weighted by molar-refractivity contribution is -0.0984. The van der Waals surface area contributed by atoms with Gasteiger partial charge in [-0.05, 0) is 47.0 Å². The molecule has 2 aliphatic carbocycles. The summed E-state index contributed by atoms with van der Waals surface area (Å²) in [4.78, 5) is 8.31. The summed E-state index contributed by atoms with van der Waals surface area (Å²) in [6, 6.07) is 0. The van der Waals surface area contributed by atoms with Crippen molar-refractivity contribution in [2.24, 2.45) is 5.41 Å². The van der Waals surface area contributed by atoms with E-state index in [1.165, 1.54) is 12.8 Å². The van der Waals surface area contributed by atoms with Crippen LogP contribution in [0.4, 0.5) is 0 Å². The molecule has 1 aromatic heterocycles. The molecule has 0 aliphatic heterocycles. The lowest BCUT2D eigenvalue weighted by Gasteiger charge is -2.43. The lowest BCUT2D eigenvalue weighted by Crippen LogP contribution is -2.43. The van der Waals surface area contributed by atoms with E-state index in [9.17, 15) is 5.11 Å². The van der Waals surface area contributed by atoms with Gasteiger partial charge in [0.2, 0.25) is 0 Å². The summed E-state index contributed by atoms with van der Waals surface area (Å²) in [5.41, 5.74) is -0.275. The summed E-state index contributed by atoms with van der Waals surface area (Å²) in [6.45, 7) is 0. The van der Waals surface area contributed by atoms with E-state index in [1.54, 1.807) is 12.4 Å². The van der Waals surface area contributed by atoms with Crippen molar-refractivity contribution in [3.8, 4) is 0 Å². The highest BCUT2D eigenvalue weighted by Crippen LogP contribution is 2.67. The van der Waals surface area contributed by atoms with Crippen LogP contribution in [0.5, 0.6) is 0 Å². The van der Waals surface area contributed by atoms with E-state index in [4.69, 9.17) is 0 Å². The summed E-state index contributed by atoms with van der Waals surface area (Å²) < 4.78 is 0.852. The van der Waals surface area contributed by atoms with E-state index in [0.29, 0.717) is 11.2 Å². The molecule has 2 fully saturated rings. The summed E-state index contributed by atoms with van der Waals surface area (Å²) in [7, 11) is 0. The SMILES string of the molecule is OC1(c2ncc(Br)cn2)CC2(CC2)C1. The Morgan fingerprint density at radius 3 is 2.29 bits per heavy atom. The highest BCUT2D eigenvalue weighted by molar-refractivity contribution is 9.10. The number of nitrogens with zero attached hydrogens (tertiary/aromatic N) is 2. The van der Waals surface area contributed by atoms with Crippen molar-refractivity contribution in [3.05, 3.63) is 22.7 Å². The standard InChI is InChI=1S/C10H11BrN2O/c11-7-3-12-8(13-4-7)10(14)5-9(6-10)1-2-9/h3-4,14H,1-2,5-6H2. The van der Waals surface area contributed by atoms with Crippen LogP contribution in [-0.2, 0) is 5.60 Å². The quantitative estimate of drug-likeness (QED) is 0.834. The number of halogens is 1. The molecular weight excluding hydrogens is 244 g/mol. The highest BCUT2D eigenvalue weighted by atomic mass is 79.9. The van der Waals surface area contributed by atoms with Crippen LogP contribution in [0.15, 0.2) is 16.9 Å². The van der Waals surface area contributed by atoms with Crippen molar-refractivity contribution in [1.82, 2.24) is 9.97 Å². The number of aliphatic hydroxyl groups is 1. The molecule has 1 heterocycles. The van der Waals surface area contributed by atoms with Gasteiger partial charge in [-0.3, -0.25) is 0 Å². The Bertz CT molecular complexity index is 364. The van der Waals surface area contributed by atoms with Gasteiger partial charge in [-0.1, -0.05) is 0 Å². The fourth-order valence-electron chi connectivity index (χ4n) is 2.43. The zero-order valence-corrected chi connectivity index (χ0v) is 9.29. The van der Waals surface area contributed by atoms with E-state index in [1.807, 2.05) is 0 Å². The van der Waals surface area contributed by atoms with Crippen LogP contribution in [0.1, 0.15) is 31.5 Å². The van der Waals surface area contributed by atoms with Gasteiger partial charge >= 0.3 is 0 Å². The second-order valence-electron chi connectivity index (χ2n) is 4.61. The molecule has 1 spiro atoms. The van der Waals surface area contributed by atoms with Crippen LogP contribution < -0.4 is 0 Å². The smallest absolute Gasteiger partial charge is 0.160 e. The van der Waals surface area contributed by atoms with Crippen LogP contribution in [0.25, 0.3) is 0 Å². The zero-order valence-electron chi connectivity index (χ0n) is 7.70. The number of rotatable bonds is 1. The van der Waals surface area contributed by atoms with Crippen molar-refractivity contribution in [3.63, 3.8) is 0 Å². The Hall–Kier alpha value is -0.480. The highest BCUT2D eigenvalue weighted by Gasteiger charge is 2.62. The Morgan fingerprint density at radius 2 is 1.79 bits per heavy atom. The van der Waals surface area contributed by atoms with Crippen LogP contribution in [0.2, 0.25) is 0 Å². The van der Waals surface area contributed by atoms with E-state index < -0.39 is 5.60 Å². The third kappa shape index (κ3) is 1.21. The van der Waals surface area contributed by atoms with Crippen molar-refractivity contribution < 1.29 is 5.11 Å². The Balaban J connectivity index is 1.85. The molecule has 0 unspecified atom stereocenters. The Morgan fingerprint density at radius 1 is 1.21 bits per heavy atom. The molecule has 2 aliphatic rings. The van der Waals surface area contributed by atoms with E-state index in [0.717, 1.165) is 17.3 Å². The van der Waals surface area contributed by atoms with Gasteiger partial charge in [0, 0.05) is 12.4 Å². The molecule has 0 aromatic carbocycles. The Labute approximate surface area is 90.7 Å². The molecule has 0 saturated heterocycles. The molecule has 0 bridgehead atoms. The minimum absolute atomic E-state index is 0.463. The number of hydrogen-bond acceptors (Lipinski definition) is 3. The van der Waals surface area contributed by atoms with Crippen molar-refractivity contribution >= 4 is 15.9 Å².